The number of rotatable bonds is 1. The minimum atomic E-state index is -0.458. The summed E-state index contributed by atoms with van der Waals surface area (Å²) >= 11 is 1.95. The SMILES string of the molecule is COc1ccc2c(c1)[C@@H](O)CC1(CCCSC1C)O2. The van der Waals surface area contributed by atoms with Crippen molar-refractivity contribution in [2.24, 2.45) is 0 Å². The van der Waals surface area contributed by atoms with Crippen LogP contribution in [0.2, 0.25) is 0 Å². The minimum absolute atomic E-state index is 0.204. The molecule has 0 aliphatic carbocycles. The van der Waals surface area contributed by atoms with Crippen molar-refractivity contribution in [1.82, 2.24) is 0 Å². The van der Waals surface area contributed by atoms with Crippen molar-refractivity contribution in [1.29, 1.82) is 0 Å². The summed E-state index contributed by atoms with van der Waals surface area (Å²) < 4.78 is 11.5. The highest BCUT2D eigenvalue weighted by Gasteiger charge is 2.46. The maximum absolute atomic E-state index is 10.5. The van der Waals surface area contributed by atoms with E-state index in [0.717, 1.165) is 29.9 Å². The number of benzene rings is 1. The lowest BCUT2D eigenvalue weighted by atomic mass is 9.83. The number of aliphatic hydroxyl groups is 1. The molecule has 104 valence electrons. The molecule has 2 unspecified atom stereocenters. The molecule has 1 saturated heterocycles. The first-order valence-electron chi connectivity index (χ1n) is 6.81. The van der Waals surface area contributed by atoms with E-state index >= 15 is 0 Å². The van der Waals surface area contributed by atoms with Gasteiger partial charge in [0.25, 0.3) is 0 Å². The average Bonchev–Trinajstić information content (AvgIpc) is 2.42. The lowest BCUT2D eigenvalue weighted by Crippen LogP contribution is -2.50. The Morgan fingerprint density at radius 3 is 3.05 bits per heavy atom. The summed E-state index contributed by atoms with van der Waals surface area (Å²) in [6, 6.07) is 5.70. The molecule has 1 spiro atoms. The second-order valence-electron chi connectivity index (χ2n) is 5.41. The van der Waals surface area contributed by atoms with Crippen LogP contribution in [0, 0.1) is 0 Å². The molecule has 2 aliphatic rings. The van der Waals surface area contributed by atoms with Crippen LogP contribution >= 0.6 is 11.8 Å². The highest BCUT2D eigenvalue weighted by atomic mass is 32.2. The van der Waals surface area contributed by atoms with E-state index in [0.29, 0.717) is 11.7 Å². The standard InChI is InChI=1S/C15H20O3S/c1-10-15(6-3-7-19-10)9-13(16)12-8-11(17-2)4-5-14(12)18-15/h4-5,8,10,13,16H,3,6-7,9H2,1-2H3/t10?,13-,15?/m0/s1. The molecule has 3 nitrogen and oxygen atoms in total. The molecule has 2 aliphatic heterocycles. The molecular weight excluding hydrogens is 260 g/mol. The number of ether oxygens (including phenoxy) is 2. The molecule has 3 rings (SSSR count). The van der Waals surface area contributed by atoms with E-state index in [1.165, 1.54) is 5.75 Å². The van der Waals surface area contributed by atoms with Crippen LogP contribution in [0.15, 0.2) is 18.2 Å². The zero-order chi connectivity index (χ0) is 13.5. The van der Waals surface area contributed by atoms with Crippen LogP contribution in [0.25, 0.3) is 0 Å². The number of hydrogen-bond acceptors (Lipinski definition) is 4. The van der Waals surface area contributed by atoms with Crippen LogP contribution < -0.4 is 9.47 Å². The summed E-state index contributed by atoms with van der Waals surface area (Å²) in [5, 5.41) is 10.9. The van der Waals surface area contributed by atoms with Gasteiger partial charge in [-0.3, -0.25) is 0 Å². The Morgan fingerprint density at radius 1 is 1.47 bits per heavy atom. The third-order valence-electron chi connectivity index (χ3n) is 4.28. The number of methoxy groups -OCH3 is 1. The summed E-state index contributed by atoms with van der Waals surface area (Å²) in [5.41, 5.74) is 0.650. The molecule has 3 atom stereocenters. The maximum Gasteiger partial charge on any atom is 0.126 e. The van der Waals surface area contributed by atoms with Crippen LogP contribution in [0.3, 0.4) is 0 Å². The van der Waals surface area contributed by atoms with Gasteiger partial charge in [-0.25, -0.2) is 0 Å². The number of hydrogen-bond donors (Lipinski definition) is 1. The number of thioether (sulfide) groups is 1. The Hall–Kier alpha value is -0.870. The highest BCUT2D eigenvalue weighted by molar-refractivity contribution is 8.00. The first-order valence-corrected chi connectivity index (χ1v) is 7.86. The van der Waals surface area contributed by atoms with E-state index < -0.39 is 6.10 Å². The smallest absolute Gasteiger partial charge is 0.126 e. The van der Waals surface area contributed by atoms with Crippen molar-refractivity contribution in [3.05, 3.63) is 23.8 Å². The van der Waals surface area contributed by atoms with Crippen molar-refractivity contribution in [2.75, 3.05) is 12.9 Å². The molecule has 0 aromatic heterocycles. The summed E-state index contributed by atoms with van der Waals surface area (Å²) in [7, 11) is 1.64. The molecule has 19 heavy (non-hydrogen) atoms. The van der Waals surface area contributed by atoms with Gasteiger partial charge in [0.2, 0.25) is 0 Å². The summed E-state index contributed by atoms with van der Waals surface area (Å²) in [4.78, 5) is 0. The molecule has 2 heterocycles. The van der Waals surface area contributed by atoms with Gasteiger partial charge in [-0.1, -0.05) is 0 Å². The van der Waals surface area contributed by atoms with Gasteiger partial charge < -0.3 is 14.6 Å². The fourth-order valence-corrected chi connectivity index (χ4v) is 4.32. The molecule has 0 amide bonds. The average molecular weight is 280 g/mol. The van der Waals surface area contributed by atoms with Gasteiger partial charge >= 0.3 is 0 Å². The van der Waals surface area contributed by atoms with Crippen LogP contribution in [-0.2, 0) is 0 Å². The summed E-state index contributed by atoms with van der Waals surface area (Å²) in [6.45, 7) is 2.21. The van der Waals surface area contributed by atoms with Crippen LogP contribution in [-0.4, -0.2) is 28.8 Å². The molecular formula is C15H20O3S. The molecule has 0 bridgehead atoms. The monoisotopic (exact) mass is 280 g/mol. The zero-order valence-corrected chi connectivity index (χ0v) is 12.2. The molecule has 0 saturated carbocycles. The van der Waals surface area contributed by atoms with Gasteiger partial charge in [0.1, 0.15) is 17.1 Å². The van der Waals surface area contributed by atoms with Crippen molar-refractivity contribution < 1.29 is 14.6 Å². The third-order valence-corrected chi connectivity index (χ3v) is 5.74. The molecule has 0 radical (unpaired) electrons. The molecule has 4 heteroatoms. The Morgan fingerprint density at radius 2 is 2.32 bits per heavy atom. The van der Waals surface area contributed by atoms with Crippen molar-refractivity contribution >= 4 is 11.8 Å². The van der Waals surface area contributed by atoms with E-state index in [1.54, 1.807) is 7.11 Å². The summed E-state index contributed by atoms with van der Waals surface area (Å²) in [6.07, 6.45) is 2.41. The van der Waals surface area contributed by atoms with Gasteiger partial charge in [0, 0.05) is 17.2 Å². The van der Waals surface area contributed by atoms with E-state index in [2.05, 4.69) is 6.92 Å². The van der Waals surface area contributed by atoms with E-state index in [9.17, 15) is 5.11 Å². The zero-order valence-electron chi connectivity index (χ0n) is 11.4. The molecule has 1 aromatic carbocycles. The first-order chi connectivity index (χ1) is 9.14. The second kappa shape index (κ2) is 4.91. The maximum atomic E-state index is 10.5. The highest BCUT2D eigenvalue weighted by Crippen LogP contribution is 2.48. The second-order valence-corrected chi connectivity index (χ2v) is 6.86. The quantitative estimate of drug-likeness (QED) is 0.857. The topological polar surface area (TPSA) is 38.7 Å². The fraction of sp³-hybridized carbons (Fsp3) is 0.600. The Bertz CT molecular complexity index is 476. The van der Waals surface area contributed by atoms with Crippen molar-refractivity contribution in [3.8, 4) is 11.5 Å². The number of fused-ring (bicyclic) bond motifs is 1. The number of aliphatic hydroxyl groups excluding tert-OH is 1. The largest absolute Gasteiger partial charge is 0.497 e. The lowest BCUT2D eigenvalue weighted by molar-refractivity contribution is -0.0213. The molecule has 1 N–H and O–H groups in total. The first kappa shape index (κ1) is 13.1. The van der Waals surface area contributed by atoms with E-state index in [4.69, 9.17) is 9.47 Å². The summed E-state index contributed by atoms with van der Waals surface area (Å²) in [5.74, 6) is 2.77. The van der Waals surface area contributed by atoms with Gasteiger partial charge in [-0.15, -0.1) is 0 Å². The Labute approximate surface area is 118 Å². The lowest BCUT2D eigenvalue weighted by Gasteiger charge is -2.46. The normalized spacial score (nSPS) is 33.6. The molecule has 1 fully saturated rings. The van der Waals surface area contributed by atoms with Gasteiger partial charge in [-0.2, -0.15) is 11.8 Å². The predicted octanol–water partition coefficient (Wildman–Crippen LogP) is 3.17. The van der Waals surface area contributed by atoms with Gasteiger partial charge in [0.05, 0.1) is 13.2 Å². The van der Waals surface area contributed by atoms with Crippen LogP contribution in [0.4, 0.5) is 0 Å². The van der Waals surface area contributed by atoms with Gasteiger partial charge in [-0.05, 0) is 43.7 Å². The van der Waals surface area contributed by atoms with Gasteiger partial charge in [0.15, 0.2) is 0 Å². The Kier molecular flexibility index (Phi) is 3.39. The third kappa shape index (κ3) is 2.21. The van der Waals surface area contributed by atoms with E-state index in [1.807, 2.05) is 30.0 Å². The molecule has 1 aromatic rings. The van der Waals surface area contributed by atoms with Crippen molar-refractivity contribution in [3.63, 3.8) is 0 Å². The Balaban J connectivity index is 1.95. The van der Waals surface area contributed by atoms with E-state index in [-0.39, 0.29) is 5.60 Å². The van der Waals surface area contributed by atoms with Crippen LogP contribution in [0.5, 0.6) is 11.5 Å². The fourth-order valence-electron chi connectivity index (χ4n) is 3.09. The van der Waals surface area contributed by atoms with Crippen LogP contribution in [0.1, 0.15) is 37.9 Å². The predicted molar refractivity (Wildman–Crippen MR) is 77.1 cm³/mol. The van der Waals surface area contributed by atoms with Crippen molar-refractivity contribution in [2.45, 2.75) is 43.1 Å². The minimum Gasteiger partial charge on any atom is -0.497 e.